The molecule has 0 heterocycles. The van der Waals surface area contributed by atoms with Crippen molar-refractivity contribution in [2.45, 2.75) is 52.5 Å². The highest BCUT2D eigenvalue weighted by molar-refractivity contribution is 5.44. The van der Waals surface area contributed by atoms with Crippen LogP contribution >= 0.6 is 0 Å². The van der Waals surface area contributed by atoms with E-state index in [1.165, 1.54) is 43.4 Å². The molecule has 20 heavy (non-hydrogen) atoms. The third-order valence-corrected chi connectivity index (χ3v) is 4.57. The molecule has 1 fully saturated rings. The van der Waals surface area contributed by atoms with Crippen LogP contribution in [0.15, 0.2) is 24.3 Å². The molecule has 0 bridgehead atoms. The predicted octanol–water partition coefficient (Wildman–Crippen LogP) is 4.52. The number of nitrogens with zero attached hydrogens (tertiary/aromatic N) is 1. The zero-order valence-electron chi connectivity index (χ0n) is 13.2. The quantitative estimate of drug-likeness (QED) is 0.786. The predicted molar refractivity (Wildman–Crippen MR) is 88.1 cm³/mol. The molecule has 0 aromatic heterocycles. The molecule has 112 valence electrons. The fraction of sp³-hybridized carbons (Fsp3) is 0.667. The molecule has 2 nitrogen and oxygen atoms in total. The standard InChI is InChI=1S/C18H30N2/c1-3-20(4-2)15-17-10-12-18(13-11-17)19-14-16-8-6-5-7-9-16/h10-13,16,19H,3-9,14-15H2,1-2H3. The normalized spacial score (nSPS) is 16.6. The number of rotatable bonds is 7. The second-order valence-corrected chi connectivity index (χ2v) is 6.04. The summed E-state index contributed by atoms with van der Waals surface area (Å²) >= 11 is 0. The van der Waals surface area contributed by atoms with Crippen molar-refractivity contribution in [2.75, 3.05) is 25.0 Å². The van der Waals surface area contributed by atoms with Gasteiger partial charge in [-0.05, 0) is 49.5 Å². The van der Waals surface area contributed by atoms with E-state index < -0.39 is 0 Å². The lowest BCUT2D eigenvalue weighted by Crippen LogP contribution is -2.22. The molecule has 1 aromatic rings. The Balaban J connectivity index is 1.78. The van der Waals surface area contributed by atoms with Crippen LogP contribution in [0.3, 0.4) is 0 Å². The molecule has 0 atom stereocenters. The first-order valence-corrected chi connectivity index (χ1v) is 8.37. The molecule has 2 heteroatoms. The molecule has 0 spiro atoms. The van der Waals surface area contributed by atoms with Crippen molar-refractivity contribution in [1.82, 2.24) is 4.90 Å². The summed E-state index contributed by atoms with van der Waals surface area (Å²) in [6.45, 7) is 8.91. The van der Waals surface area contributed by atoms with Crippen molar-refractivity contribution in [1.29, 1.82) is 0 Å². The van der Waals surface area contributed by atoms with Gasteiger partial charge in [-0.3, -0.25) is 4.90 Å². The summed E-state index contributed by atoms with van der Waals surface area (Å²) in [5, 5.41) is 3.61. The summed E-state index contributed by atoms with van der Waals surface area (Å²) in [6, 6.07) is 9.01. The maximum atomic E-state index is 3.61. The molecule has 1 N–H and O–H groups in total. The molecular formula is C18H30N2. The van der Waals surface area contributed by atoms with Crippen molar-refractivity contribution in [3.05, 3.63) is 29.8 Å². The van der Waals surface area contributed by atoms with E-state index in [4.69, 9.17) is 0 Å². The lowest BCUT2D eigenvalue weighted by atomic mass is 9.89. The Morgan fingerprint density at radius 3 is 2.25 bits per heavy atom. The Bertz CT molecular complexity index is 362. The van der Waals surface area contributed by atoms with E-state index in [0.717, 1.165) is 32.1 Å². The van der Waals surface area contributed by atoms with Gasteiger partial charge >= 0.3 is 0 Å². The minimum Gasteiger partial charge on any atom is -0.385 e. The van der Waals surface area contributed by atoms with Crippen molar-refractivity contribution in [3.8, 4) is 0 Å². The second-order valence-electron chi connectivity index (χ2n) is 6.04. The summed E-state index contributed by atoms with van der Waals surface area (Å²) in [7, 11) is 0. The number of anilines is 1. The minimum absolute atomic E-state index is 0.888. The lowest BCUT2D eigenvalue weighted by Gasteiger charge is -2.22. The van der Waals surface area contributed by atoms with Crippen LogP contribution in [0.1, 0.15) is 51.5 Å². The van der Waals surface area contributed by atoms with E-state index in [1.807, 2.05) is 0 Å². The summed E-state index contributed by atoms with van der Waals surface area (Å²) in [4.78, 5) is 2.45. The first-order chi connectivity index (χ1) is 9.81. The zero-order chi connectivity index (χ0) is 14.2. The van der Waals surface area contributed by atoms with Crippen molar-refractivity contribution >= 4 is 5.69 Å². The Hall–Kier alpha value is -1.02. The molecule has 1 aromatic carbocycles. The highest BCUT2D eigenvalue weighted by atomic mass is 15.1. The topological polar surface area (TPSA) is 15.3 Å². The van der Waals surface area contributed by atoms with Gasteiger partial charge in [0.15, 0.2) is 0 Å². The van der Waals surface area contributed by atoms with Crippen molar-refractivity contribution < 1.29 is 0 Å². The average molecular weight is 274 g/mol. The largest absolute Gasteiger partial charge is 0.385 e. The summed E-state index contributed by atoms with van der Waals surface area (Å²) < 4.78 is 0. The highest BCUT2D eigenvalue weighted by Gasteiger charge is 2.12. The monoisotopic (exact) mass is 274 g/mol. The van der Waals surface area contributed by atoms with E-state index in [2.05, 4.69) is 48.3 Å². The maximum absolute atomic E-state index is 3.61. The molecular weight excluding hydrogens is 244 g/mol. The van der Waals surface area contributed by atoms with Gasteiger partial charge in [-0.1, -0.05) is 45.2 Å². The Labute approximate surface area is 124 Å². The van der Waals surface area contributed by atoms with Crippen LogP contribution in [0, 0.1) is 5.92 Å². The van der Waals surface area contributed by atoms with Gasteiger partial charge in [0, 0.05) is 18.8 Å². The molecule has 0 aliphatic heterocycles. The average Bonchev–Trinajstić information content (AvgIpc) is 2.53. The summed E-state index contributed by atoms with van der Waals surface area (Å²) in [5.41, 5.74) is 2.69. The highest BCUT2D eigenvalue weighted by Crippen LogP contribution is 2.24. The molecule has 1 saturated carbocycles. The molecule has 2 rings (SSSR count). The lowest BCUT2D eigenvalue weighted by molar-refractivity contribution is 0.296. The van der Waals surface area contributed by atoms with Crippen LogP contribution in [-0.4, -0.2) is 24.5 Å². The zero-order valence-corrected chi connectivity index (χ0v) is 13.2. The van der Waals surface area contributed by atoms with Gasteiger partial charge in [0.1, 0.15) is 0 Å². The van der Waals surface area contributed by atoms with Crippen LogP contribution in [-0.2, 0) is 6.54 Å². The second kappa shape index (κ2) is 8.31. The summed E-state index contributed by atoms with van der Waals surface area (Å²) in [6.07, 6.45) is 7.11. The Morgan fingerprint density at radius 1 is 1.00 bits per heavy atom. The molecule has 0 unspecified atom stereocenters. The maximum Gasteiger partial charge on any atom is 0.0340 e. The first-order valence-electron chi connectivity index (χ1n) is 8.37. The SMILES string of the molecule is CCN(CC)Cc1ccc(NCC2CCCCC2)cc1. The Kier molecular flexibility index (Phi) is 6.38. The van der Waals surface area contributed by atoms with Gasteiger partial charge in [0.2, 0.25) is 0 Å². The van der Waals surface area contributed by atoms with Gasteiger partial charge in [0.05, 0.1) is 0 Å². The Morgan fingerprint density at radius 2 is 1.65 bits per heavy atom. The van der Waals surface area contributed by atoms with Gasteiger partial charge in [-0.25, -0.2) is 0 Å². The van der Waals surface area contributed by atoms with E-state index in [-0.39, 0.29) is 0 Å². The number of hydrogen-bond acceptors (Lipinski definition) is 2. The molecule has 0 saturated heterocycles. The van der Waals surface area contributed by atoms with Crippen LogP contribution in [0.25, 0.3) is 0 Å². The van der Waals surface area contributed by atoms with E-state index >= 15 is 0 Å². The van der Waals surface area contributed by atoms with E-state index in [1.54, 1.807) is 0 Å². The molecule has 1 aliphatic carbocycles. The van der Waals surface area contributed by atoms with Gasteiger partial charge < -0.3 is 5.32 Å². The van der Waals surface area contributed by atoms with Crippen LogP contribution < -0.4 is 5.32 Å². The minimum atomic E-state index is 0.888. The molecule has 0 amide bonds. The fourth-order valence-corrected chi connectivity index (χ4v) is 3.09. The number of nitrogens with one attached hydrogen (secondary N) is 1. The molecule has 0 radical (unpaired) electrons. The van der Waals surface area contributed by atoms with E-state index in [0.29, 0.717) is 0 Å². The fourth-order valence-electron chi connectivity index (χ4n) is 3.09. The van der Waals surface area contributed by atoms with Crippen LogP contribution in [0.4, 0.5) is 5.69 Å². The first kappa shape index (κ1) is 15.4. The summed E-state index contributed by atoms with van der Waals surface area (Å²) in [5.74, 6) is 0.888. The third kappa shape index (κ3) is 4.82. The third-order valence-electron chi connectivity index (χ3n) is 4.57. The van der Waals surface area contributed by atoms with Crippen LogP contribution in [0.5, 0.6) is 0 Å². The molecule has 1 aliphatic rings. The van der Waals surface area contributed by atoms with Crippen molar-refractivity contribution in [2.24, 2.45) is 5.92 Å². The smallest absolute Gasteiger partial charge is 0.0340 e. The van der Waals surface area contributed by atoms with Gasteiger partial charge in [-0.15, -0.1) is 0 Å². The van der Waals surface area contributed by atoms with Crippen LogP contribution in [0.2, 0.25) is 0 Å². The van der Waals surface area contributed by atoms with E-state index in [9.17, 15) is 0 Å². The number of hydrogen-bond donors (Lipinski definition) is 1. The van der Waals surface area contributed by atoms with Gasteiger partial charge in [-0.2, -0.15) is 0 Å². The van der Waals surface area contributed by atoms with Gasteiger partial charge in [0.25, 0.3) is 0 Å². The van der Waals surface area contributed by atoms with Crippen molar-refractivity contribution in [3.63, 3.8) is 0 Å². The number of benzene rings is 1.